The molecule has 0 bridgehead atoms. The number of hydrogen-bond acceptors (Lipinski definition) is 5. The monoisotopic (exact) mass is 430 g/mol. The Balaban J connectivity index is 1.75. The van der Waals surface area contributed by atoms with Crippen LogP contribution in [0.15, 0.2) is 83.8 Å². The van der Waals surface area contributed by atoms with Gasteiger partial charge in [-0.25, -0.2) is 4.90 Å². The lowest BCUT2D eigenvalue weighted by molar-refractivity contribution is -0.384. The molecule has 0 saturated carbocycles. The van der Waals surface area contributed by atoms with Crippen molar-refractivity contribution < 1.29 is 14.5 Å². The number of thioether (sulfide) groups is 1. The number of anilines is 1. The summed E-state index contributed by atoms with van der Waals surface area (Å²) in [5.74, 6) is -0.294. The molecule has 0 aromatic heterocycles. The summed E-state index contributed by atoms with van der Waals surface area (Å²) in [5.41, 5.74) is 3.13. The van der Waals surface area contributed by atoms with E-state index in [0.29, 0.717) is 21.9 Å². The molecule has 0 fully saturated rings. The number of nitrogens with zero attached hydrogens (tertiary/aromatic N) is 2. The number of amides is 2. The number of carbonyl (C=O) groups is 2. The van der Waals surface area contributed by atoms with Gasteiger partial charge in [-0.3, -0.25) is 19.7 Å². The first-order valence-corrected chi connectivity index (χ1v) is 10.6. The maximum atomic E-state index is 13.4. The smallest absolute Gasteiger partial charge is 0.268 e. The number of imide groups is 1. The highest BCUT2D eigenvalue weighted by Crippen LogP contribution is 2.40. The van der Waals surface area contributed by atoms with Gasteiger partial charge in [0.25, 0.3) is 17.5 Å². The molecule has 31 heavy (non-hydrogen) atoms. The Morgan fingerprint density at radius 1 is 0.903 bits per heavy atom. The lowest BCUT2D eigenvalue weighted by Gasteiger charge is -2.15. The summed E-state index contributed by atoms with van der Waals surface area (Å²) in [7, 11) is 0. The van der Waals surface area contributed by atoms with Crippen molar-refractivity contribution in [3.8, 4) is 0 Å². The molecule has 1 aliphatic heterocycles. The molecule has 0 N–H and O–H groups in total. The molecule has 154 valence electrons. The van der Waals surface area contributed by atoms with Gasteiger partial charge in [-0.15, -0.1) is 11.8 Å². The molecule has 1 aliphatic rings. The zero-order chi connectivity index (χ0) is 22.0. The van der Waals surface area contributed by atoms with Crippen molar-refractivity contribution in [3.05, 3.63) is 111 Å². The average Bonchev–Trinajstić information content (AvgIpc) is 3.02. The van der Waals surface area contributed by atoms with Crippen molar-refractivity contribution in [2.45, 2.75) is 12.7 Å². The first-order chi connectivity index (χ1) is 15.0. The summed E-state index contributed by atoms with van der Waals surface area (Å²) in [6, 6.07) is 22.6. The Labute approximate surface area is 183 Å². The van der Waals surface area contributed by atoms with E-state index in [1.165, 1.54) is 40.9 Å². The lowest BCUT2D eigenvalue weighted by atomic mass is 10.1. The van der Waals surface area contributed by atoms with Gasteiger partial charge in [0.15, 0.2) is 0 Å². The molecule has 0 spiro atoms. The molecule has 1 heterocycles. The topological polar surface area (TPSA) is 80.5 Å². The van der Waals surface area contributed by atoms with Crippen LogP contribution in [0.1, 0.15) is 16.7 Å². The van der Waals surface area contributed by atoms with E-state index in [1.54, 1.807) is 18.2 Å². The maximum Gasteiger partial charge on any atom is 0.272 e. The minimum absolute atomic E-state index is 0.0739. The molecule has 0 radical (unpaired) electrons. The fraction of sp³-hybridized carbons (Fsp3) is 0.0833. The first-order valence-electron chi connectivity index (χ1n) is 9.57. The van der Waals surface area contributed by atoms with Gasteiger partial charge in [0.2, 0.25) is 0 Å². The summed E-state index contributed by atoms with van der Waals surface area (Å²) in [6.45, 7) is 1.89. The second-order valence-corrected chi connectivity index (χ2v) is 8.05. The number of aryl methyl sites for hydroxylation is 1. The van der Waals surface area contributed by atoms with Crippen molar-refractivity contribution in [2.75, 3.05) is 4.90 Å². The highest BCUT2D eigenvalue weighted by atomic mass is 32.2. The largest absolute Gasteiger partial charge is 0.272 e. The van der Waals surface area contributed by atoms with Crippen LogP contribution in [0.2, 0.25) is 0 Å². The molecular weight excluding hydrogens is 412 g/mol. The summed E-state index contributed by atoms with van der Waals surface area (Å²) in [4.78, 5) is 38.7. The van der Waals surface area contributed by atoms with Gasteiger partial charge >= 0.3 is 0 Å². The molecule has 0 atom stereocenters. The van der Waals surface area contributed by atoms with Crippen molar-refractivity contribution in [2.24, 2.45) is 0 Å². The van der Waals surface area contributed by atoms with Gasteiger partial charge in [0.1, 0.15) is 0 Å². The zero-order valence-corrected chi connectivity index (χ0v) is 17.5. The van der Waals surface area contributed by atoms with Gasteiger partial charge < -0.3 is 0 Å². The molecule has 7 heteroatoms. The van der Waals surface area contributed by atoms with Crippen LogP contribution in [-0.4, -0.2) is 16.7 Å². The quantitative estimate of drug-likeness (QED) is 0.308. The Morgan fingerprint density at radius 3 is 2.26 bits per heavy atom. The minimum Gasteiger partial charge on any atom is -0.268 e. The van der Waals surface area contributed by atoms with Crippen molar-refractivity contribution in [1.82, 2.24) is 0 Å². The number of nitro benzene ring substituents is 1. The molecule has 3 aromatic rings. The second-order valence-electron chi connectivity index (χ2n) is 7.07. The highest BCUT2D eigenvalue weighted by molar-refractivity contribution is 8.03. The normalized spacial score (nSPS) is 13.8. The number of carbonyl (C=O) groups excluding carboxylic acids is 2. The molecular formula is C24H18N2O4S. The van der Waals surface area contributed by atoms with Gasteiger partial charge in [-0.05, 0) is 47.9 Å². The number of rotatable bonds is 6. The van der Waals surface area contributed by atoms with Crippen molar-refractivity contribution in [3.63, 3.8) is 0 Å². The number of non-ortho nitro benzene ring substituents is 1. The Kier molecular flexibility index (Phi) is 5.68. The molecule has 0 unspecified atom stereocenters. The van der Waals surface area contributed by atoms with E-state index in [-0.39, 0.29) is 17.2 Å². The van der Waals surface area contributed by atoms with Crippen LogP contribution in [0.4, 0.5) is 11.4 Å². The maximum absolute atomic E-state index is 13.4. The predicted octanol–water partition coefficient (Wildman–Crippen LogP) is 5.12. The van der Waals surface area contributed by atoms with Crippen molar-refractivity contribution >= 4 is 40.5 Å². The second kappa shape index (κ2) is 8.57. The number of nitro groups is 1. The summed E-state index contributed by atoms with van der Waals surface area (Å²) in [6.07, 6.45) is 0. The Hall–Kier alpha value is -3.71. The van der Waals surface area contributed by atoms with Gasteiger partial charge in [0.05, 0.1) is 21.1 Å². The Morgan fingerprint density at radius 2 is 1.61 bits per heavy atom. The van der Waals surface area contributed by atoms with E-state index < -0.39 is 10.8 Å². The Bertz CT molecular complexity index is 1200. The van der Waals surface area contributed by atoms with E-state index >= 15 is 0 Å². The van der Waals surface area contributed by atoms with E-state index in [9.17, 15) is 19.7 Å². The third kappa shape index (κ3) is 4.13. The third-order valence-electron chi connectivity index (χ3n) is 4.89. The zero-order valence-electron chi connectivity index (χ0n) is 16.6. The molecule has 6 nitrogen and oxygen atoms in total. The minimum atomic E-state index is -0.496. The van der Waals surface area contributed by atoms with Crippen molar-refractivity contribution in [1.29, 1.82) is 0 Å². The average molecular weight is 430 g/mol. The van der Waals surface area contributed by atoms with Gasteiger partial charge in [-0.1, -0.05) is 42.5 Å². The van der Waals surface area contributed by atoms with Crippen LogP contribution in [0.25, 0.3) is 5.57 Å². The molecule has 2 amide bonds. The number of benzene rings is 3. The summed E-state index contributed by atoms with van der Waals surface area (Å²) < 4.78 is 0. The lowest BCUT2D eigenvalue weighted by Crippen LogP contribution is -2.31. The van der Waals surface area contributed by atoms with E-state index in [0.717, 1.165) is 11.1 Å². The SMILES string of the molecule is Cc1cccc(N2C(=O)C(SCc3ccccc3)=C(c3ccc([N+](=O)[O-])cc3)C2=O)c1. The molecule has 3 aromatic carbocycles. The van der Waals surface area contributed by atoms with E-state index in [1.807, 2.05) is 43.3 Å². The third-order valence-corrected chi connectivity index (χ3v) is 6.04. The fourth-order valence-electron chi connectivity index (χ4n) is 3.38. The fourth-order valence-corrected chi connectivity index (χ4v) is 4.45. The predicted molar refractivity (Wildman–Crippen MR) is 121 cm³/mol. The van der Waals surface area contributed by atoms with Crippen LogP contribution < -0.4 is 4.90 Å². The molecule has 0 saturated heterocycles. The highest BCUT2D eigenvalue weighted by Gasteiger charge is 2.40. The standard InChI is InChI=1S/C24H18N2O4S/c1-16-6-5-9-20(14-16)25-23(27)21(18-10-12-19(13-11-18)26(29)30)22(24(25)28)31-15-17-7-3-2-4-8-17/h2-14H,15H2,1H3. The van der Waals surface area contributed by atoms with Crippen LogP contribution in [0.5, 0.6) is 0 Å². The van der Waals surface area contributed by atoms with Crippen LogP contribution >= 0.6 is 11.8 Å². The van der Waals surface area contributed by atoms with Crippen LogP contribution in [0.3, 0.4) is 0 Å². The summed E-state index contributed by atoms with van der Waals surface area (Å²) >= 11 is 1.30. The number of hydrogen-bond donors (Lipinski definition) is 0. The molecule has 4 rings (SSSR count). The molecule has 0 aliphatic carbocycles. The van der Waals surface area contributed by atoms with Gasteiger partial charge in [-0.2, -0.15) is 0 Å². The van der Waals surface area contributed by atoms with E-state index in [4.69, 9.17) is 0 Å². The first kappa shape index (κ1) is 20.6. The van der Waals surface area contributed by atoms with Crippen LogP contribution in [-0.2, 0) is 15.3 Å². The van der Waals surface area contributed by atoms with E-state index in [2.05, 4.69) is 0 Å². The van der Waals surface area contributed by atoms with Gasteiger partial charge in [0, 0.05) is 17.9 Å². The summed E-state index contributed by atoms with van der Waals surface area (Å²) in [5, 5.41) is 11.0. The van der Waals surface area contributed by atoms with Crippen LogP contribution in [0, 0.1) is 17.0 Å².